The van der Waals surface area contributed by atoms with Crippen molar-refractivity contribution < 1.29 is 14.3 Å². The van der Waals surface area contributed by atoms with E-state index in [4.69, 9.17) is 4.74 Å². The van der Waals surface area contributed by atoms with Crippen molar-refractivity contribution in [2.75, 3.05) is 7.11 Å². The Kier molecular flexibility index (Phi) is 6.71. The number of ether oxygens (including phenoxy) is 1. The molecule has 1 aliphatic rings. The summed E-state index contributed by atoms with van der Waals surface area (Å²) in [5, 5.41) is 1.02. The number of benzene rings is 2. The number of carbonyl (C=O) groups is 2. The molecule has 3 aromatic rings. The molecule has 0 aliphatic heterocycles. The molecule has 4 rings (SSSR count). The molecule has 180 valence electrons. The van der Waals surface area contributed by atoms with Crippen LogP contribution >= 0.6 is 0 Å². The summed E-state index contributed by atoms with van der Waals surface area (Å²) in [5.74, 6) is 1.65. The van der Waals surface area contributed by atoms with Gasteiger partial charge in [0.05, 0.1) is 13.7 Å². The summed E-state index contributed by atoms with van der Waals surface area (Å²) >= 11 is 0. The third-order valence-corrected chi connectivity index (χ3v) is 7.67. The number of para-hydroxylation sites is 1. The molecule has 1 saturated carbocycles. The van der Waals surface area contributed by atoms with Crippen LogP contribution in [0.1, 0.15) is 87.0 Å². The highest BCUT2D eigenvalue weighted by Gasteiger charge is 2.35. The highest BCUT2D eigenvalue weighted by atomic mass is 16.5. The van der Waals surface area contributed by atoms with E-state index in [2.05, 4.69) is 42.7 Å². The summed E-state index contributed by atoms with van der Waals surface area (Å²) in [7, 11) is 1.69. The van der Waals surface area contributed by atoms with Crippen LogP contribution in [-0.4, -0.2) is 23.2 Å². The Labute approximate surface area is 203 Å². The average molecular weight is 460 g/mol. The van der Waals surface area contributed by atoms with Crippen molar-refractivity contribution >= 4 is 22.5 Å². The molecule has 0 saturated heterocycles. The molecule has 1 aliphatic carbocycles. The number of carbonyl (C=O) groups excluding carboxylic acids is 2. The molecule has 1 heterocycles. The fraction of sp³-hybridized carbons (Fsp3) is 0.467. The number of aromatic nitrogens is 1. The molecule has 0 atom stereocenters. The van der Waals surface area contributed by atoms with Gasteiger partial charge in [0.15, 0.2) is 5.78 Å². The molecule has 34 heavy (non-hydrogen) atoms. The summed E-state index contributed by atoms with van der Waals surface area (Å²) in [6, 6.07) is 14.5. The van der Waals surface area contributed by atoms with Gasteiger partial charge in [0.2, 0.25) is 0 Å². The number of ketones is 2. The fourth-order valence-corrected chi connectivity index (χ4v) is 4.85. The van der Waals surface area contributed by atoms with Crippen LogP contribution in [0.25, 0.3) is 10.9 Å². The van der Waals surface area contributed by atoms with Gasteiger partial charge in [-0.1, -0.05) is 58.4 Å². The van der Waals surface area contributed by atoms with E-state index in [0.717, 1.165) is 52.7 Å². The predicted molar refractivity (Wildman–Crippen MR) is 138 cm³/mol. The molecule has 4 nitrogen and oxygen atoms in total. The summed E-state index contributed by atoms with van der Waals surface area (Å²) in [5.41, 5.74) is 4.56. The van der Waals surface area contributed by atoms with Gasteiger partial charge in [0.25, 0.3) is 0 Å². The van der Waals surface area contributed by atoms with E-state index in [1.807, 2.05) is 32.0 Å². The number of nitrogens with zero attached hydrogens (tertiary/aromatic N) is 1. The SMILES string of the molecule is COc1ccccc1Cn1c(CC(C)(C)C(C)=O)c(C(=O)C2CCC2)c2cc(C(C)C)ccc21. The Morgan fingerprint density at radius 2 is 1.82 bits per heavy atom. The molecular weight excluding hydrogens is 422 g/mol. The molecule has 0 N–H and O–H groups in total. The molecule has 0 amide bonds. The maximum Gasteiger partial charge on any atom is 0.168 e. The summed E-state index contributed by atoms with van der Waals surface area (Å²) in [6.07, 6.45) is 3.55. The van der Waals surface area contributed by atoms with Crippen LogP contribution in [0.4, 0.5) is 0 Å². The first-order chi connectivity index (χ1) is 16.1. The van der Waals surface area contributed by atoms with Gasteiger partial charge in [-0.2, -0.15) is 0 Å². The average Bonchev–Trinajstić information content (AvgIpc) is 3.04. The van der Waals surface area contributed by atoms with Crippen LogP contribution in [0.15, 0.2) is 42.5 Å². The third kappa shape index (κ3) is 4.43. The van der Waals surface area contributed by atoms with Crippen LogP contribution in [0, 0.1) is 11.3 Å². The number of rotatable bonds is 9. The van der Waals surface area contributed by atoms with E-state index >= 15 is 0 Å². The predicted octanol–water partition coefficient (Wildman–Crippen LogP) is 6.96. The fourth-order valence-electron chi connectivity index (χ4n) is 4.85. The lowest BCUT2D eigenvalue weighted by molar-refractivity contribution is -0.124. The second-order valence-corrected chi connectivity index (χ2v) is 10.8. The molecule has 1 fully saturated rings. The van der Waals surface area contributed by atoms with Gasteiger partial charge >= 0.3 is 0 Å². The second-order valence-electron chi connectivity index (χ2n) is 10.8. The van der Waals surface area contributed by atoms with Crippen molar-refractivity contribution in [3.63, 3.8) is 0 Å². The maximum atomic E-state index is 13.9. The lowest BCUT2D eigenvalue weighted by atomic mass is 9.77. The van der Waals surface area contributed by atoms with Gasteiger partial charge in [-0.05, 0) is 49.4 Å². The maximum absolute atomic E-state index is 13.9. The summed E-state index contributed by atoms with van der Waals surface area (Å²) in [6.45, 7) is 10.6. The largest absolute Gasteiger partial charge is 0.496 e. The van der Waals surface area contributed by atoms with Crippen molar-refractivity contribution in [3.8, 4) is 5.75 Å². The number of hydrogen-bond acceptors (Lipinski definition) is 3. The smallest absolute Gasteiger partial charge is 0.168 e. The van der Waals surface area contributed by atoms with Gasteiger partial charge in [0.1, 0.15) is 11.5 Å². The molecule has 0 spiro atoms. The molecule has 4 heteroatoms. The van der Waals surface area contributed by atoms with E-state index in [1.165, 1.54) is 5.56 Å². The zero-order valence-electron chi connectivity index (χ0n) is 21.4. The summed E-state index contributed by atoms with van der Waals surface area (Å²) in [4.78, 5) is 26.4. The summed E-state index contributed by atoms with van der Waals surface area (Å²) < 4.78 is 7.90. The highest BCUT2D eigenvalue weighted by Crippen LogP contribution is 2.39. The minimum absolute atomic E-state index is 0.0900. The second kappa shape index (κ2) is 9.40. The first-order valence-electron chi connectivity index (χ1n) is 12.5. The minimum Gasteiger partial charge on any atom is -0.496 e. The Balaban J connectivity index is 1.99. The van der Waals surface area contributed by atoms with E-state index in [-0.39, 0.29) is 17.5 Å². The van der Waals surface area contributed by atoms with Crippen LogP contribution < -0.4 is 4.74 Å². The van der Waals surface area contributed by atoms with Crippen LogP contribution in [0.3, 0.4) is 0 Å². The van der Waals surface area contributed by atoms with Gasteiger partial charge < -0.3 is 9.30 Å². The monoisotopic (exact) mass is 459 g/mol. The van der Waals surface area contributed by atoms with E-state index in [0.29, 0.717) is 18.9 Å². The molecule has 0 radical (unpaired) electrons. The van der Waals surface area contributed by atoms with Crippen molar-refractivity contribution in [3.05, 3.63) is 64.8 Å². The highest BCUT2D eigenvalue weighted by molar-refractivity contribution is 6.11. The van der Waals surface area contributed by atoms with E-state index < -0.39 is 5.41 Å². The van der Waals surface area contributed by atoms with Gasteiger partial charge in [-0.15, -0.1) is 0 Å². The zero-order chi connectivity index (χ0) is 24.6. The number of Topliss-reactive ketones (excluding diaryl/α,β-unsaturated/α-hetero) is 2. The topological polar surface area (TPSA) is 48.3 Å². The Bertz CT molecular complexity index is 1230. The van der Waals surface area contributed by atoms with Crippen LogP contribution in [-0.2, 0) is 17.8 Å². The van der Waals surface area contributed by atoms with E-state index in [1.54, 1.807) is 14.0 Å². The Morgan fingerprint density at radius 3 is 2.41 bits per heavy atom. The molecule has 2 aromatic carbocycles. The first kappa shape index (κ1) is 24.3. The first-order valence-corrected chi connectivity index (χ1v) is 12.5. The third-order valence-electron chi connectivity index (χ3n) is 7.67. The van der Waals surface area contributed by atoms with Gasteiger partial charge in [-0.25, -0.2) is 0 Å². The molecule has 0 unspecified atom stereocenters. The lowest BCUT2D eigenvalue weighted by Crippen LogP contribution is -2.28. The van der Waals surface area contributed by atoms with E-state index in [9.17, 15) is 9.59 Å². The van der Waals surface area contributed by atoms with Crippen molar-refractivity contribution in [2.24, 2.45) is 11.3 Å². The molecule has 0 bridgehead atoms. The Hall–Kier alpha value is -2.88. The number of hydrogen-bond donors (Lipinski definition) is 0. The molecule has 1 aromatic heterocycles. The van der Waals surface area contributed by atoms with Gasteiger partial charge in [0, 0.05) is 45.5 Å². The number of methoxy groups -OCH3 is 1. The minimum atomic E-state index is -0.567. The molecular formula is C30H37NO3. The zero-order valence-corrected chi connectivity index (χ0v) is 21.4. The van der Waals surface area contributed by atoms with Crippen LogP contribution in [0.2, 0.25) is 0 Å². The quantitative estimate of drug-likeness (QED) is 0.325. The number of fused-ring (bicyclic) bond motifs is 1. The van der Waals surface area contributed by atoms with Gasteiger partial charge in [-0.3, -0.25) is 9.59 Å². The van der Waals surface area contributed by atoms with Crippen LogP contribution in [0.5, 0.6) is 5.75 Å². The normalized spacial score (nSPS) is 14.4. The Morgan fingerprint density at radius 1 is 1.12 bits per heavy atom. The van der Waals surface area contributed by atoms with Crippen molar-refractivity contribution in [1.82, 2.24) is 4.57 Å². The lowest BCUT2D eigenvalue weighted by Gasteiger charge is -2.27. The van der Waals surface area contributed by atoms with Crippen molar-refractivity contribution in [1.29, 1.82) is 0 Å². The standard InChI is InChI=1S/C30H37NO3/c1-19(2)22-14-15-25-24(16-22)28(29(33)21-11-9-12-21)26(17-30(4,5)20(3)32)31(25)18-23-10-7-8-13-27(23)34-6/h7-8,10,13-16,19,21H,9,11-12,17-18H2,1-6H3. The van der Waals surface area contributed by atoms with Crippen molar-refractivity contribution in [2.45, 2.75) is 72.8 Å².